The predicted octanol–water partition coefficient (Wildman–Crippen LogP) is 4.24. The number of benzene rings is 1. The van der Waals surface area contributed by atoms with Gasteiger partial charge in [-0.05, 0) is 31.5 Å². The van der Waals surface area contributed by atoms with Crippen LogP contribution >= 0.6 is 23.2 Å². The maximum absolute atomic E-state index is 6.14. The maximum atomic E-state index is 6.14. The Morgan fingerprint density at radius 2 is 2.17 bits per heavy atom. The van der Waals surface area contributed by atoms with Crippen LogP contribution in [0.3, 0.4) is 0 Å². The van der Waals surface area contributed by atoms with Crippen LogP contribution in [0.25, 0.3) is 0 Å². The van der Waals surface area contributed by atoms with Crippen molar-refractivity contribution in [2.45, 2.75) is 19.9 Å². The second-order valence-electron chi connectivity index (χ2n) is 4.35. The number of hydrogen-bond donors (Lipinski definition) is 1. The fraction of sp³-hybridized carbons (Fsp3) is 0.429. The van der Waals surface area contributed by atoms with E-state index in [9.17, 15) is 0 Å². The lowest BCUT2D eigenvalue weighted by atomic mass is 10.1. The van der Waals surface area contributed by atoms with E-state index in [1.165, 1.54) is 0 Å². The minimum atomic E-state index is 0.170. The van der Waals surface area contributed by atoms with Crippen LogP contribution in [0.15, 0.2) is 30.4 Å². The van der Waals surface area contributed by atoms with E-state index in [1.54, 1.807) is 6.07 Å². The summed E-state index contributed by atoms with van der Waals surface area (Å²) in [6.45, 7) is 9.83. The van der Waals surface area contributed by atoms with Crippen LogP contribution in [0.4, 0.5) is 0 Å². The molecule has 0 saturated carbocycles. The summed E-state index contributed by atoms with van der Waals surface area (Å²) in [6, 6.07) is 5.72. The molecule has 1 atom stereocenters. The van der Waals surface area contributed by atoms with Gasteiger partial charge in [0.15, 0.2) is 0 Å². The summed E-state index contributed by atoms with van der Waals surface area (Å²) < 4.78 is 5.41. The van der Waals surface area contributed by atoms with E-state index in [0.717, 1.165) is 17.7 Å². The first-order chi connectivity index (χ1) is 8.50. The third kappa shape index (κ3) is 5.40. The number of rotatable bonds is 7. The van der Waals surface area contributed by atoms with Gasteiger partial charge in [0.25, 0.3) is 0 Å². The molecule has 1 rings (SSSR count). The molecule has 0 saturated heterocycles. The quantitative estimate of drug-likeness (QED) is 0.598. The third-order valence-corrected chi connectivity index (χ3v) is 3.04. The lowest BCUT2D eigenvalue weighted by molar-refractivity contribution is 0.156. The summed E-state index contributed by atoms with van der Waals surface area (Å²) >= 11 is 12.0. The zero-order valence-electron chi connectivity index (χ0n) is 10.8. The molecule has 0 spiro atoms. The summed E-state index contributed by atoms with van der Waals surface area (Å²) in [4.78, 5) is 0. The Morgan fingerprint density at radius 1 is 1.44 bits per heavy atom. The van der Waals surface area contributed by atoms with Gasteiger partial charge in [0.05, 0.1) is 13.2 Å². The minimum Gasteiger partial charge on any atom is -0.376 e. The van der Waals surface area contributed by atoms with E-state index in [2.05, 4.69) is 18.8 Å². The molecule has 1 aromatic carbocycles. The van der Waals surface area contributed by atoms with Crippen LogP contribution in [-0.2, 0) is 4.74 Å². The van der Waals surface area contributed by atoms with Gasteiger partial charge < -0.3 is 10.1 Å². The van der Waals surface area contributed by atoms with Crippen molar-refractivity contribution in [1.82, 2.24) is 5.32 Å². The minimum absolute atomic E-state index is 0.170. The fourth-order valence-corrected chi connectivity index (χ4v) is 2.13. The fourth-order valence-electron chi connectivity index (χ4n) is 1.56. The molecule has 0 fully saturated rings. The SMILES string of the molecule is C=C(C)COCCNC(C)c1ccc(Cl)cc1Cl. The van der Waals surface area contributed by atoms with Gasteiger partial charge >= 0.3 is 0 Å². The molecule has 0 amide bonds. The second kappa shape index (κ2) is 7.80. The van der Waals surface area contributed by atoms with Crippen LogP contribution in [0.5, 0.6) is 0 Å². The summed E-state index contributed by atoms with van der Waals surface area (Å²) in [7, 11) is 0. The van der Waals surface area contributed by atoms with Crippen LogP contribution in [0.1, 0.15) is 25.5 Å². The Hall–Kier alpha value is -0.540. The van der Waals surface area contributed by atoms with Crippen LogP contribution in [0, 0.1) is 0 Å². The Bertz CT molecular complexity index is 407. The van der Waals surface area contributed by atoms with Crippen LogP contribution in [0.2, 0.25) is 10.0 Å². The van der Waals surface area contributed by atoms with E-state index in [0.29, 0.717) is 23.3 Å². The lowest BCUT2D eigenvalue weighted by Gasteiger charge is -2.16. The third-order valence-electron chi connectivity index (χ3n) is 2.47. The second-order valence-corrected chi connectivity index (χ2v) is 5.19. The van der Waals surface area contributed by atoms with Gasteiger partial charge in [0, 0.05) is 22.6 Å². The lowest BCUT2D eigenvalue weighted by Crippen LogP contribution is -2.23. The zero-order chi connectivity index (χ0) is 13.5. The van der Waals surface area contributed by atoms with Crippen LogP contribution < -0.4 is 5.32 Å². The summed E-state index contributed by atoms with van der Waals surface area (Å²) in [6.07, 6.45) is 0. The standard InChI is InChI=1S/C14H19Cl2NO/c1-10(2)9-18-7-6-17-11(3)13-5-4-12(15)8-14(13)16/h4-5,8,11,17H,1,6-7,9H2,2-3H3. The van der Waals surface area contributed by atoms with Crippen molar-refractivity contribution in [2.24, 2.45) is 0 Å². The largest absolute Gasteiger partial charge is 0.376 e. The Labute approximate surface area is 119 Å². The van der Waals surface area contributed by atoms with Crippen LogP contribution in [-0.4, -0.2) is 19.8 Å². The first-order valence-corrected chi connectivity index (χ1v) is 6.66. The van der Waals surface area contributed by atoms with Crippen molar-refractivity contribution in [3.8, 4) is 0 Å². The van der Waals surface area contributed by atoms with E-state index < -0.39 is 0 Å². The number of hydrogen-bond acceptors (Lipinski definition) is 2. The highest BCUT2D eigenvalue weighted by atomic mass is 35.5. The molecular formula is C14H19Cl2NO. The molecule has 0 aromatic heterocycles. The van der Waals surface area contributed by atoms with Gasteiger partial charge in [-0.3, -0.25) is 0 Å². The summed E-state index contributed by atoms with van der Waals surface area (Å²) in [5, 5.41) is 4.69. The molecule has 0 bridgehead atoms. The van der Waals surface area contributed by atoms with E-state index >= 15 is 0 Å². The Morgan fingerprint density at radius 3 is 2.78 bits per heavy atom. The topological polar surface area (TPSA) is 21.3 Å². The molecule has 0 radical (unpaired) electrons. The maximum Gasteiger partial charge on any atom is 0.0672 e. The van der Waals surface area contributed by atoms with E-state index in [1.807, 2.05) is 19.1 Å². The van der Waals surface area contributed by atoms with E-state index in [-0.39, 0.29) is 6.04 Å². The molecule has 0 aliphatic heterocycles. The highest BCUT2D eigenvalue weighted by Crippen LogP contribution is 2.25. The monoisotopic (exact) mass is 287 g/mol. The molecule has 1 N–H and O–H groups in total. The van der Waals surface area contributed by atoms with Crippen molar-refractivity contribution < 1.29 is 4.74 Å². The van der Waals surface area contributed by atoms with Crippen molar-refractivity contribution in [3.63, 3.8) is 0 Å². The van der Waals surface area contributed by atoms with Crippen molar-refractivity contribution in [3.05, 3.63) is 46.0 Å². The predicted molar refractivity (Wildman–Crippen MR) is 78.5 cm³/mol. The first-order valence-electron chi connectivity index (χ1n) is 5.91. The Kier molecular flexibility index (Phi) is 6.72. The molecule has 2 nitrogen and oxygen atoms in total. The highest BCUT2D eigenvalue weighted by Gasteiger charge is 2.08. The molecule has 18 heavy (non-hydrogen) atoms. The summed E-state index contributed by atoms with van der Waals surface area (Å²) in [5.41, 5.74) is 2.07. The van der Waals surface area contributed by atoms with E-state index in [4.69, 9.17) is 27.9 Å². The number of halogens is 2. The van der Waals surface area contributed by atoms with Gasteiger partial charge in [-0.1, -0.05) is 41.4 Å². The highest BCUT2D eigenvalue weighted by molar-refractivity contribution is 6.35. The van der Waals surface area contributed by atoms with Gasteiger partial charge in [0.2, 0.25) is 0 Å². The smallest absolute Gasteiger partial charge is 0.0672 e. The van der Waals surface area contributed by atoms with Crippen molar-refractivity contribution in [2.75, 3.05) is 19.8 Å². The van der Waals surface area contributed by atoms with Crippen molar-refractivity contribution >= 4 is 23.2 Å². The number of nitrogens with one attached hydrogen (secondary N) is 1. The molecule has 0 heterocycles. The first kappa shape index (κ1) is 15.5. The molecule has 1 unspecified atom stereocenters. The normalized spacial score (nSPS) is 12.4. The van der Waals surface area contributed by atoms with Gasteiger partial charge in [-0.2, -0.15) is 0 Å². The van der Waals surface area contributed by atoms with Gasteiger partial charge in [-0.25, -0.2) is 0 Å². The zero-order valence-corrected chi connectivity index (χ0v) is 12.3. The Balaban J connectivity index is 2.36. The molecule has 1 aromatic rings. The molecule has 100 valence electrons. The van der Waals surface area contributed by atoms with Gasteiger partial charge in [0.1, 0.15) is 0 Å². The summed E-state index contributed by atoms with van der Waals surface area (Å²) in [5.74, 6) is 0. The molecular weight excluding hydrogens is 269 g/mol. The average Bonchev–Trinajstić information content (AvgIpc) is 2.27. The van der Waals surface area contributed by atoms with Crippen molar-refractivity contribution in [1.29, 1.82) is 0 Å². The molecule has 0 aliphatic rings. The number of ether oxygens (including phenoxy) is 1. The molecule has 0 aliphatic carbocycles. The average molecular weight is 288 g/mol. The van der Waals surface area contributed by atoms with Gasteiger partial charge in [-0.15, -0.1) is 0 Å². The molecule has 4 heteroatoms.